The van der Waals surface area contributed by atoms with Crippen LogP contribution in [0.15, 0.2) is 66.4 Å². The number of aromatic nitrogens is 3. The van der Waals surface area contributed by atoms with Crippen LogP contribution in [0.2, 0.25) is 0 Å². The van der Waals surface area contributed by atoms with Gasteiger partial charge < -0.3 is 4.74 Å². The molecule has 0 saturated carbocycles. The minimum atomic E-state index is 0.0310. The van der Waals surface area contributed by atoms with Crippen LogP contribution in [-0.4, -0.2) is 21.1 Å². The third-order valence-corrected chi connectivity index (χ3v) is 3.78. The van der Waals surface area contributed by atoms with Crippen molar-refractivity contribution in [2.45, 2.75) is 13.0 Å². The number of nitrogens with zero attached hydrogens (tertiary/aromatic N) is 3. The van der Waals surface area contributed by atoms with E-state index < -0.39 is 0 Å². The monoisotopic (exact) mass is 289 g/mol. The summed E-state index contributed by atoms with van der Waals surface area (Å²) >= 11 is 0. The number of fused-ring (bicyclic) bond motifs is 1. The lowest BCUT2D eigenvalue weighted by atomic mass is 10.0. The molecule has 2 aromatic carbocycles. The minimum absolute atomic E-state index is 0.0310. The summed E-state index contributed by atoms with van der Waals surface area (Å²) < 4.78 is 7.68. The maximum atomic E-state index is 5.93. The highest BCUT2D eigenvalue weighted by molar-refractivity contribution is 5.78. The van der Waals surface area contributed by atoms with E-state index in [-0.39, 0.29) is 6.10 Å². The van der Waals surface area contributed by atoms with Crippen molar-refractivity contribution in [3.8, 4) is 0 Å². The van der Waals surface area contributed by atoms with E-state index in [0.717, 1.165) is 16.8 Å². The molecule has 1 unspecified atom stereocenters. The van der Waals surface area contributed by atoms with E-state index >= 15 is 0 Å². The Morgan fingerprint density at radius 2 is 1.82 bits per heavy atom. The molecular formula is C18H15N3O. The van der Waals surface area contributed by atoms with Crippen molar-refractivity contribution < 1.29 is 4.74 Å². The highest BCUT2D eigenvalue weighted by Gasteiger charge is 2.21. The topological polar surface area (TPSA) is 39.9 Å². The number of allylic oxidation sites excluding steroid dienone is 1. The lowest BCUT2D eigenvalue weighted by Gasteiger charge is -2.09. The molecule has 2 heterocycles. The fourth-order valence-corrected chi connectivity index (χ4v) is 2.69. The first kappa shape index (κ1) is 12.8. The van der Waals surface area contributed by atoms with Gasteiger partial charge in [-0.15, -0.1) is 5.10 Å². The third-order valence-electron chi connectivity index (χ3n) is 3.78. The molecular weight excluding hydrogens is 274 g/mol. The van der Waals surface area contributed by atoms with Crippen LogP contribution in [-0.2, 0) is 4.74 Å². The second-order valence-electron chi connectivity index (χ2n) is 5.28. The molecule has 22 heavy (non-hydrogen) atoms. The van der Waals surface area contributed by atoms with Crippen LogP contribution in [0.4, 0.5) is 0 Å². The van der Waals surface area contributed by atoms with Gasteiger partial charge in [-0.1, -0.05) is 47.7 Å². The van der Waals surface area contributed by atoms with Crippen molar-refractivity contribution in [2.75, 3.05) is 0 Å². The van der Waals surface area contributed by atoms with Crippen LogP contribution in [0.5, 0.6) is 0 Å². The maximum Gasteiger partial charge on any atom is 0.139 e. The first-order valence-electron chi connectivity index (χ1n) is 7.27. The fourth-order valence-electron chi connectivity index (χ4n) is 2.69. The lowest BCUT2D eigenvalue weighted by Crippen LogP contribution is -2.02. The molecule has 1 aliphatic heterocycles. The molecule has 4 nitrogen and oxygen atoms in total. The van der Waals surface area contributed by atoms with E-state index in [1.807, 2.05) is 48.7 Å². The van der Waals surface area contributed by atoms with E-state index in [4.69, 9.17) is 4.74 Å². The second kappa shape index (κ2) is 5.15. The summed E-state index contributed by atoms with van der Waals surface area (Å²) in [7, 11) is 0. The largest absolute Gasteiger partial charge is 0.484 e. The predicted octanol–water partition coefficient (Wildman–Crippen LogP) is 3.73. The van der Waals surface area contributed by atoms with E-state index in [1.165, 1.54) is 11.1 Å². The van der Waals surface area contributed by atoms with Crippen LogP contribution in [0, 0.1) is 0 Å². The Kier molecular flexibility index (Phi) is 3.00. The average molecular weight is 289 g/mol. The van der Waals surface area contributed by atoms with E-state index in [9.17, 15) is 0 Å². The summed E-state index contributed by atoms with van der Waals surface area (Å²) in [4.78, 5) is 0. The lowest BCUT2D eigenvalue weighted by molar-refractivity contribution is 0.205. The Morgan fingerprint density at radius 1 is 1.05 bits per heavy atom. The number of benzene rings is 2. The molecule has 4 rings (SSSR count). The van der Waals surface area contributed by atoms with Gasteiger partial charge in [-0.3, -0.25) is 0 Å². The predicted molar refractivity (Wildman–Crippen MR) is 86.8 cm³/mol. The van der Waals surface area contributed by atoms with Gasteiger partial charge in [0.1, 0.15) is 17.4 Å². The van der Waals surface area contributed by atoms with Crippen LogP contribution in [0.3, 0.4) is 0 Å². The average Bonchev–Trinajstić information content (AvgIpc) is 3.13. The van der Waals surface area contributed by atoms with Gasteiger partial charge in [0.2, 0.25) is 0 Å². The van der Waals surface area contributed by atoms with Gasteiger partial charge in [-0.25, -0.2) is 4.68 Å². The fraction of sp³-hybridized carbons (Fsp3) is 0.111. The summed E-state index contributed by atoms with van der Waals surface area (Å²) in [6.45, 7) is 2.05. The third kappa shape index (κ3) is 2.19. The molecule has 0 bridgehead atoms. The van der Waals surface area contributed by atoms with Gasteiger partial charge in [0.25, 0.3) is 0 Å². The van der Waals surface area contributed by atoms with Gasteiger partial charge in [0.15, 0.2) is 0 Å². The molecule has 1 atom stereocenters. The number of para-hydroxylation sites is 1. The van der Waals surface area contributed by atoms with Gasteiger partial charge in [0, 0.05) is 5.57 Å². The number of hydrogen-bond donors (Lipinski definition) is 0. The molecule has 0 radical (unpaired) electrons. The molecule has 0 amide bonds. The molecule has 0 aliphatic carbocycles. The van der Waals surface area contributed by atoms with Crippen LogP contribution >= 0.6 is 0 Å². The van der Waals surface area contributed by atoms with Gasteiger partial charge in [-0.05, 0) is 30.7 Å². The first-order chi connectivity index (χ1) is 10.8. The minimum Gasteiger partial charge on any atom is -0.484 e. The maximum absolute atomic E-state index is 5.93. The Balaban J connectivity index is 1.73. The second-order valence-corrected chi connectivity index (χ2v) is 5.28. The van der Waals surface area contributed by atoms with Crippen molar-refractivity contribution in [3.63, 3.8) is 0 Å². The molecule has 0 saturated heterocycles. The highest BCUT2D eigenvalue weighted by Crippen LogP contribution is 2.30. The molecule has 0 fully saturated rings. The summed E-state index contributed by atoms with van der Waals surface area (Å²) in [6.07, 6.45) is 3.97. The normalized spacial score (nSPS) is 19.4. The van der Waals surface area contributed by atoms with Crippen molar-refractivity contribution in [2.24, 2.45) is 0 Å². The Morgan fingerprint density at radius 3 is 2.68 bits per heavy atom. The Labute approximate surface area is 128 Å². The molecule has 0 N–H and O–H groups in total. The molecule has 4 heteroatoms. The zero-order chi connectivity index (χ0) is 14.9. The van der Waals surface area contributed by atoms with Gasteiger partial charge >= 0.3 is 0 Å². The van der Waals surface area contributed by atoms with Crippen LogP contribution in [0.1, 0.15) is 12.5 Å². The molecule has 1 aromatic heterocycles. The highest BCUT2D eigenvalue weighted by atomic mass is 16.5. The smallest absolute Gasteiger partial charge is 0.139 e. The van der Waals surface area contributed by atoms with E-state index in [1.54, 1.807) is 4.68 Å². The summed E-state index contributed by atoms with van der Waals surface area (Å²) in [5.41, 5.74) is 4.20. The van der Waals surface area contributed by atoms with Crippen molar-refractivity contribution in [1.29, 1.82) is 0 Å². The van der Waals surface area contributed by atoms with Crippen LogP contribution in [0.25, 0.3) is 22.8 Å². The van der Waals surface area contributed by atoms with Crippen molar-refractivity contribution >= 4 is 22.8 Å². The first-order valence-corrected chi connectivity index (χ1v) is 7.27. The number of ether oxygens (including phenoxy) is 1. The van der Waals surface area contributed by atoms with E-state index in [0.29, 0.717) is 0 Å². The van der Waals surface area contributed by atoms with E-state index in [2.05, 4.69) is 35.4 Å². The number of hydrogen-bond acceptors (Lipinski definition) is 3. The number of rotatable bonds is 2. The standard InChI is InChI=1S/C18H15N3O/c1-13-16(14-7-3-2-4-8-14)11-15(22-13)12-21-18-10-6-5-9-17(18)19-20-21/h2-13H,1H3. The molecule has 108 valence electrons. The molecule has 0 spiro atoms. The molecule has 3 aromatic rings. The Bertz CT molecular complexity index is 877. The van der Waals surface area contributed by atoms with Gasteiger partial charge in [0.05, 0.1) is 11.7 Å². The van der Waals surface area contributed by atoms with Crippen molar-refractivity contribution in [1.82, 2.24) is 15.0 Å². The zero-order valence-corrected chi connectivity index (χ0v) is 12.2. The Hall–Kier alpha value is -2.88. The SMILES string of the molecule is CC1OC(=Cn2nnc3ccccc32)C=C1c1ccccc1. The van der Waals surface area contributed by atoms with Crippen LogP contribution < -0.4 is 0 Å². The summed E-state index contributed by atoms with van der Waals surface area (Å²) in [5, 5.41) is 8.31. The summed E-state index contributed by atoms with van der Waals surface area (Å²) in [6, 6.07) is 18.2. The summed E-state index contributed by atoms with van der Waals surface area (Å²) in [5.74, 6) is 0.794. The quantitative estimate of drug-likeness (QED) is 0.721. The molecule has 1 aliphatic rings. The van der Waals surface area contributed by atoms with Crippen molar-refractivity contribution in [3.05, 3.63) is 72.0 Å². The zero-order valence-electron chi connectivity index (χ0n) is 12.2. The van der Waals surface area contributed by atoms with Gasteiger partial charge in [-0.2, -0.15) is 0 Å².